The highest BCUT2D eigenvalue weighted by molar-refractivity contribution is 5.78. The van der Waals surface area contributed by atoms with Crippen LogP contribution in [0.4, 0.5) is 0 Å². The van der Waals surface area contributed by atoms with Gasteiger partial charge in [-0.3, -0.25) is 4.98 Å². The summed E-state index contributed by atoms with van der Waals surface area (Å²) in [5.41, 5.74) is 2.25. The van der Waals surface area contributed by atoms with Crippen LogP contribution in [0.25, 0.3) is 10.9 Å². The van der Waals surface area contributed by atoms with Crippen molar-refractivity contribution in [3.8, 4) is 0 Å². The van der Waals surface area contributed by atoms with E-state index >= 15 is 0 Å². The van der Waals surface area contributed by atoms with Crippen molar-refractivity contribution in [2.45, 2.75) is 26.0 Å². The molecule has 0 aliphatic rings. The maximum Gasteiger partial charge on any atom is 0.0702 e. The highest BCUT2D eigenvalue weighted by Crippen LogP contribution is 2.13. The van der Waals surface area contributed by atoms with E-state index in [1.54, 1.807) is 0 Å². The maximum atomic E-state index is 9.27. The van der Waals surface area contributed by atoms with Crippen molar-refractivity contribution >= 4 is 10.9 Å². The summed E-state index contributed by atoms with van der Waals surface area (Å²) in [5.74, 6) is 0. The largest absolute Gasteiger partial charge is 0.393 e. The summed E-state index contributed by atoms with van der Waals surface area (Å²) < 4.78 is 0. The van der Waals surface area contributed by atoms with Crippen LogP contribution in [0.15, 0.2) is 36.5 Å². The molecule has 96 valence electrons. The maximum absolute atomic E-state index is 9.27. The van der Waals surface area contributed by atoms with Gasteiger partial charge in [-0.05, 0) is 38.1 Å². The number of fused-ring (bicyclic) bond motifs is 1. The number of hydrogen-bond acceptors (Lipinski definition) is 3. The first-order chi connectivity index (χ1) is 8.65. The van der Waals surface area contributed by atoms with Crippen LogP contribution < -0.4 is 0 Å². The molecule has 1 aromatic heterocycles. The van der Waals surface area contributed by atoms with Crippen molar-refractivity contribution in [3.63, 3.8) is 0 Å². The number of rotatable bonds is 5. The normalized spacial score (nSPS) is 13.1. The van der Waals surface area contributed by atoms with Crippen LogP contribution in [0.2, 0.25) is 0 Å². The fourth-order valence-electron chi connectivity index (χ4n) is 2.00. The van der Waals surface area contributed by atoms with E-state index in [0.29, 0.717) is 0 Å². The SMILES string of the molecule is CC(O)CCN(C)Cc1cnc2ccccc2c1. The minimum atomic E-state index is -0.234. The molecule has 0 aliphatic carbocycles. The summed E-state index contributed by atoms with van der Waals surface area (Å²) in [6.07, 6.45) is 2.50. The average molecular weight is 244 g/mol. The fraction of sp³-hybridized carbons (Fsp3) is 0.400. The Balaban J connectivity index is 2.03. The molecule has 0 amide bonds. The first-order valence-corrected chi connectivity index (χ1v) is 6.35. The molecule has 2 aromatic rings. The molecule has 0 saturated carbocycles. The summed E-state index contributed by atoms with van der Waals surface area (Å²) >= 11 is 0. The first kappa shape index (κ1) is 13.0. The van der Waals surface area contributed by atoms with E-state index in [1.807, 2.05) is 31.3 Å². The lowest BCUT2D eigenvalue weighted by atomic mass is 10.1. The van der Waals surface area contributed by atoms with Gasteiger partial charge in [0.2, 0.25) is 0 Å². The number of aliphatic hydroxyl groups excluding tert-OH is 1. The van der Waals surface area contributed by atoms with Gasteiger partial charge in [-0.15, -0.1) is 0 Å². The second-order valence-electron chi connectivity index (χ2n) is 4.91. The van der Waals surface area contributed by atoms with Gasteiger partial charge in [0.1, 0.15) is 0 Å². The molecule has 0 aliphatic heterocycles. The van der Waals surface area contributed by atoms with Gasteiger partial charge in [0.15, 0.2) is 0 Å². The van der Waals surface area contributed by atoms with E-state index in [1.165, 1.54) is 10.9 Å². The first-order valence-electron chi connectivity index (χ1n) is 6.35. The molecule has 0 spiro atoms. The van der Waals surface area contributed by atoms with E-state index in [2.05, 4.69) is 29.1 Å². The lowest BCUT2D eigenvalue weighted by Crippen LogP contribution is -2.22. The summed E-state index contributed by atoms with van der Waals surface area (Å²) in [6, 6.07) is 10.3. The van der Waals surface area contributed by atoms with Crippen molar-refractivity contribution in [2.75, 3.05) is 13.6 Å². The van der Waals surface area contributed by atoms with Crippen LogP contribution in [0.5, 0.6) is 0 Å². The molecule has 1 atom stereocenters. The van der Waals surface area contributed by atoms with Crippen molar-refractivity contribution < 1.29 is 5.11 Å². The Kier molecular flexibility index (Phi) is 4.28. The van der Waals surface area contributed by atoms with Crippen molar-refractivity contribution in [2.24, 2.45) is 0 Å². The van der Waals surface area contributed by atoms with Crippen LogP contribution in [-0.2, 0) is 6.54 Å². The van der Waals surface area contributed by atoms with Crippen molar-refractivity contribution in [1.82, 2.24) is 9.88 Å². The van der Waals surface area contributed by atoms with Crippen LogP contribution in [0.3, 0.4) is 0 Å². The number of benzene rings is 1. The predicted molar refractivity (Wildman–Crippen MR) is 74.4 cm³/mol. The van der Waals surface area contributed by atoms with Crippen molar-refractivity contribution in [3.05, 3.63) is 42.1 Å². The third-order valence-corrected chi connectivity index (χ3v) is 3.03. The number of aliphatic hydroxyl groups is 1. The Labute approximate surface area is 108 Å². The molecule has 3 nitrogen and oxygen atoms in total. The Bertz CT molecular complexity index is 511. The molecular formula is C15H20N2O. The topological polar surface area (TPSA) is 36.4 Å². The summed E-state index contributed by atoms with van der Waals surface area (Å²) in [5, 5.41) is 10.4. The molecule has 1 N–H and O–H groups in total. The highest BCUT2D eigenvalue weighted by Gasteiger charge is 2.04. The Morgan fingerprint density at radius 2 is 2.11 bits per heavy atom. The zero-order valence-electron chi connectivity index (χ0n) is 11.0. The second kappa shape index (κ2) is 5.94. The van der Waals surface area contributed by atoms with Crippen LogP contribution in [0, 0.1) is 0 Å². The van der Waals surface area contributed by atoms with Gasteiger partial charge in [-0.25, -0.2) is 0 Å². The van der Waals surface area contributed by atoms with Crippen LogP contribution in [-0.4, -0.2) is 34.7 Å². The van der Waals surface area contributed by atoms with E-state index in [0.717, 1.165) is 25.0 Å². The Morgan fingerprint density at radius 1 is 1.33 bits per heavy atom. The van der Waals surface area contributed by atoms with Crippen LogP contribution in [0.1, 0.15) is 18.9 Å². The molecular weight excluding hydrogens is 224 g/mol. The lowest BCUT2D eigenvalue weighted by molar-refractivity contribution is 0.163. The van der Waals surface area contributed by atoms with Gasteiger partial charge >= 0.3 is 0 Å². The number of nitrogens with zero attached hydrogens (tertiary/aromatic N) is 2. The van der Waals surface area contributed by atoms with Gasteiger partial charge in [-0.2, -0.15) is 0 Å². The third kappa shape index (κ3) is 3.52. The van der Waals surface area contributed by atoms with E-state index < -0.39 is 0 Å². The average Bonchev–Trinajstić information content (AvgIpc) is 2.36. The number of para-hydroxylation sites is 1. The number of aromatic nitrogens is 1. The summed E-state index contributed by atoms with van der Waals surface area (Å²) in [6.45, 7) is 3.58. The van der Waals surface area contributed by atoms with Gasteiger partial charge in [0.25, 0.3) is 0 Å². The predicted octanol–water partition coefficient (Wildman–Crippen LogP) is 2.44. The zero-order chi connectivity index (χ0) is 13.0. The molecule has 1 heterocycles. The monoisotopic (exact) mass is 244 g/mol. The minimum Gasteiger partial charge on any atom is -0.393 e. The van der Waals surface area contributed by atoms with Gasteiger partial charge < -0.3 is 10.0 Å². The molecule has 0 fully saturated rings. The molecule has 18 heavy (non-hydrogen) atoms. The quantitative estimate of drug-likeness (QED) is 0.877. The third-order valence-electron chi connectivity index (χ3n) is 3.03. The highest BCUT2D eigenvalue weighted by atomic mass is 16.3. The molecule has 1 aromatic carbocycles. The van der Waals surface area contributed by atoms with Gasteiger partial charge in [-0.1, -0.05) is 18.2 Å². The Hall–Kier alpha value is -1.45. The van der Waals surface area contributed by atoms with E-state index in [4.69, 9.17) is 0 Å². The molecule has 3 heteroatoms. The summed E-state index contributed by atoms with van der Waals surface area (Å²) in [4.78, 5) is 6.66. The standard InChI is InChI=1S/C15H20N2O/c1-12(18)7-8-17(2)11-13-9-14-5-3-4-6-15(14)16-10-13/h3-6,9-10,12,18H,7-8,11H2,1-2H3. The van der Waals surface area contributed by atoms with E-state index in [9.17, 15) is 5.11 Å². The lowest BCUT2D eigenvalue weighted by Gasteiger charge is -2.17. The smallest absolute Gasteiger partial charge is 0.0702 e. The van der Waals surface area contributed by atoms with Gasteiger partial charge in [0, 0.05) is 24.7 Å². The number of pyridine rings is 1. The molecule has 1 unspecified atom stereocenters. The Morgan fingerprint density at radius 3 is 2.89 bits per heavy atom. The molecule has 0 bridgehead atoms. The van der Waals surface area contributed by atoms with Crippen LogP contribution >= 0.6 is 0 Å². The zero-order valence-corrected chi connectivity index (χ0v) is 11.0. The van der Waals surface area contributed by atoms with Gasteiger partial charge in [0.05, 0.1) is 11.6 Å². The van der Waals surface area contributed by atoms with E-state index in [-0.39, 0.29) is 6.10 Å². The second-order valence-corrected chi connectivity index (χ2v) is 4.91. The fourth-order valence-corrected chi connectivity index (χ4v) is 2.00. The number of hydrogen-bond donors (Lipinski definition) is 1. The minimum absolute atomic E-state index is 0.234. The summed E-state index contributed by atoms with van der Waals surface area (Å²) in [7, 11) is 2.07. The van der Waals surface area contributed by atoms with Crippen molar-refractivity contribution in [1.29, 1.82) is 0 Å². The molecule has 2 rings (SSSR count). The molecule has 0 radical (unpaired) electrons. The molecule has 0 saturated heterocycles.